The predicted molar refractivity (Wildman–Crippen MR) is 169 cm³/mol. The van der Waals surface area contributed by atoms with Gasteiger partial charge >= 0.3 is 0 Å². The van der Waals surface area contributed by atoms with Crippen molar-refractivity contribution in [3.05, 3.63) is 65.2 Å². The summed E-state index contributed by atoms with van der Waals surface area (Å²) in [5.41, 5.74) is 3.70. The van der Waals surface area contributed by atoms with E-state index in [9.17, 15) is 13.2 Å². The molecule has 0 N–H and O–H groups in total. The van der Waals surface area contributed by atoms with E-state index < -0.39 is 16.3 Å². The summed E-state index contributed by atoms with van der Waals surface area (Å²) in [6.07, 6.45) is 9.19. The van der Waals surface area contributed by atoms with Crippen LogP contribution in [0.1, 0.15) is 87.3 Å². The molecule has 1 amide bonds. The fraction of sp³-hybridized carbons (Fsp3) is 0.618. The molecule has 2 aromatic rings. The van der Waals surface area contributed by atoms with Gasteiger partial charge in [0.1, 0.15) is 5.75 Å². The Labute approximate surface area is 258 Å². The molecular formula is C34H49N3O5S. The zero-order valence-corrected chi connectivity index (χ0v) is 27.1. The van der Waals surface area contributed by atoms with Crippen LogP contribution in [0, 0.1) is 0 Å². The minimum atomic E-state index is -3.80. The monoisotopic (exact) mass is 611 g/mol. The van der Waals surface area contributed by atoms with Crippen molar-refractivity contribution in [1.82, 2.24) is 13.5 Å². The third kappa shape index (κ3) is 7.44. The highest BCUT2D eigenvalue weighted by atomic mass is 32.2. The Morgan fingerprint density at radius 2 is 1.70 bits per heavy atom. The standard InChI is InChI=1S/C34H49N3O5S/c1-25-21-32(36(43(39,40)35(2)3)23-27-13-17-30(41-4)18-14-27)33-24-42-31-19-15-28(16-20-31)29-11-8-10-26(22-29)9-6-5-7-12-34(38)37(25)33/h8,10-11,13-14,17-18,22,25,28,31-33H,5-7,9,12,15-16,19-21,23-24H2,1-4H3/t25-,28?,31?,32+,33+/m1/s1. The molecule has 3 aliphatic heterocycles. The van der Waals surface area contributed by atoms with Gasteiger partial charge < -0.3 is 14.4 Å². The summed E-state index contributed by atoms with van der Waals surface area (Å²) < 4.78 is 42.5. The first kappa shape index (κ1) is 31.9. The average molecular weight is 612 g/mol. The molecule has 0 aromatic heterocycles. The number of hydrogen-bond donors (Lipinski definition) is 0. The zero-order chi connectivity index (χ0) is 30.6. The summed E-state index contributed by atoms with van der Waals surface area (Å²) in [5.74, 6) is 1.38. The van der Waals surface area contributed by atoms with E-state index in [1.54, 1.807) is 25.5 Å². The lowest BCUT2D eigenvalue weighted by molar-refractivity contribution is -0.136. The van der Waals surface area contributed by atoms with Gasteiger partial charge in [-0.2, -0.15) is 17.0 Å². The summed E-state index contributed by atoms with van der Waals surface area (Å²) in [5, 5.41) is 0. The first-order valence-electron chi connectivity index (χ1n) is 16.0. The lowest BCUT2D eigenvalue weighted by Gasteiger charge is -2.37. The molecule has 1 saturated heterocycles. The third-order valence-electron chi connectivity index (χ3n) is 9.73. The van der Waals surface area contributed by atoms with E-state index in [0.29, 0.717) is 25.4 Å². The molecule has 2 fully saturated rings. The van der Waals surface area contributed by atoms with E-state index in [-0.39, 0.29) is 30.6 Å². The van der Waals surface area contributed by atoms with Crippen molar-refractivity contribution in [2.24, 2.45) is 0 Å². The Kier molecular flexibility index (Phi) is 10.5. The number of ether oxygens (including phenoxy) is 2. The van der Waals surface area contributed by atoms with Gasteiger partial charge in [0.15, 0.2) is 0 Å². The molecule has 3 heterocycles. The molecule has 6 rings (SSSR count). The Morgan fingerprint density at radius 1 is 0.977 bits per heavy atom. The van der Waals surface area contributed by atoms with Gasteiger partial charge in [-0.05, 0) is 93.0 Å². The molecule has 43 heavy (non-hydrogen) atoms. The van der Waals surface area contributed by atoms with Gasteiger partial charge in [-0.1, -0.05) is 42.8 Å². The number of methoxy groups -OCH3 is 1. The Morgan fingerprint density at radius 3 is 2.40 bits per heavy atom. The number of amides is 1. The molecule has 1 saturated carbocycles. The lowest BCUT2D eigenvalue weighted by Crippen LogP contribution is -2.53. The number of benzene rings is 2. The molecule has 0 spiro atoms. The molecule has 236 valence electrons. The zero-order valence-electron chi connectivity index (χ0n) is 26.3. The fourth-order valence-corrected chi connectivity index (χ4v) is 8.57. The van der Waals surface area contributed by atoms with Crippen LogP contribution in [-0.2, 0) is 32.7 Å². The van der Waals surface area contributed by atoms with Crippen LogP contribution < -0.4 is 4.74 Å². The maximum atomic E-state index is 13.9. The molecule has 4 bridgehead atoms. The van der Waals surface area contributed by atoms with E-state index in [0.717, 1.165) is 62.7 Å². The van der Waals surface area contributed by atoms with Crippen molar-refractivity contribution in [3.63, 3.8) is 0 Å². The van der Waals surface area contributed by atoms with Gasteiger partial charge in [-0.25, -0.2) is 0 Å². The van der Waals surface area contributed by atoms with Crippen molar-refractivity contribution in [2.75, 3.05) is 27.8 Å². The highest BCUT2D eigenvalue weighted by molar-refractivity contribution is 7.86. The summed E-state index contributed by atoms with van der Waals surface area (Å²) in [6.45, 7) is 2.61. The van der Waals surface area contributed by atoms with E-state index in [2.05, 4.69) is 31.2 Å². The number of carbonyl (C=O) groups is 1. The molecule has 3 atom stereocenters. The molecule has 1 aliphatic carbocycles. The molecular weight excluding hydrogens is 562 g/mol. The minimum Gasteiger partial charge on any atom is -0.497 e. The Hall–Kier alpha value is -2.46. The fourth-order valence-electron chi connectivity index (χ4n) is 7.27. The summed E-state index contributed by atoms with van der Waals surface area (Å²) in [7, 11) is 0.965. The molecule has 2 aromatic carbocycles. The van der Waals surface area contributed by atoms with Crippen LogP contribution in [-0.4, -0.2) is 79.9 Å². The van der Waals surface area contributed by atoms with Crippen LogP contribution in [0.4, 0.5) is 0 Å². The number of rotatable bonds is 6. The average Bonchev–Trinajstić information content (AvgIpc) is 3.33. The van der Waals surface area contributed by atoms with Crippen molar-refractivity contribution < 1.29 is 22.7 Å². The van der Waals surface area contributed by atoms with Crippen molar-refractivity contribution in [1.29, 1.82) is 0 Å². The highest BCUT2D eigenvalue weighted by Crippen LogP contribution is 2.37. The largest absolute Gasteiger partial charge is 0.497 e. The normalized spacial score (nSPS) is 27.3. The lowest BCUT2D eigenvalue weighted by atomic mass is 9.82. The quantitative estimate of drug-likeness (QED) is 0.430. The van der Waals surface area contributed by atoms with Gasteiger partial charge in [0.2, 0.25) is 5.91 Å². The van der Waals surface area contributed by atoms with E-state index in [1.807, 2.05) is 29.2 Å². The van der Waals surface area contributed by atoms with E-state index >= 15 is 0 Å². The van der Waals surface area contributed by atoms with Crippen LogP contribution in [0.5, 0.6) is 5.75 Å². The summed E-state index contributed by atoms with van der Waals surface area (Å²) in [4.78, 5) is 15.8. The van der Waals surface area contributed by atoms with Crippen molar-refractivity contribution in [3.8, 4) is 5.75 Å². The van der Waals surface area contributed by atoms with Gasteiger partial charge in [0.05, 0.1) is 31.9 Å². The Balaban J connectivity index is 1.42. The van der Waals surface area contributed by atoms with Gasteiger partial charge in [0, 0.05) is 33.1 Å². The number of nitrogens with zero attached hydrogens (tertiary/aromatic N) is 3. The van der Waals surface area contributed by atoms with Gasteiger partial charge in [0.25, 0.3) is 10.2 Å². The number of aryl methyl sites for hydroxylation is 1. The second-order valence-corrected chi connectivity index (χ2v) is 14.9. The van der Waals surface area contributed by atoms with Crippen LogP contribution in [0.3, 0.4) is 0 Å². The maximum Gasteiger partial charge on any atom is 0.282 e. The van der Waals surface area contributed by atoms with Gasteiger partial charge in [-0.3, -0.25) is 4.79 Å². The van der Waals surface area contributed by atoms with Crippen LogP contribution >= 0.6 is 0 Å². The highest BCUT2D eigenvalue weighted by Gasteiger charge is 2.48. The topological polar surface area (TPSA) is 79.4 Å². The number of carbonyl (C=O) groups excluding carboxylic acids is 1. The first-order valence-corrected chi connectivity index (χ1v) is 17.4. The molecule has 0 radical (unpaired) electrons. The molecule has 8 nitrogen and oxygen atoms in total. The van der Waals surface area contributed by atoms with E-state index in [4.69, 9.17) is 9.47 Å². The Bertz CT molecular complexity index is 1320. The molecule has 4 aliphatic rings. The maximum absolute atomic E-state index is 13.9. The third-order valence-corrected chi connectivity index (χ3v) is 11.6. The van der Waals surface area contributed by atoms with E-state index in [1.165, 1.54) is 15.4 Å². The predicted octanol–water partition coefficient (Wildman–Crippen LogP) is 5.52. The van der Waals surface area contributed by atoms with Crippen molar-refractivity contribution >= 4 is 16.1 Å². The first-order chi connectivity index (χ1) is 20.7. The smallest absolute Gasteiger partial charge is 0.282 e. The second-order valence-electron chi connectivity index (χ2n) is 12.8. The van der Waals surface area contributed by atoms with Crippen molar-refractivity contribution in [2.45, 2.75) is 108 Å². The molecule has 0 unspecified atom stereocenters. The number of fused-ring (bicyclic) bond motifs is 8. The van der Waals surface area contributed by atoms with Crippen LogP contribution in [0.25, 0.3) is 0 Å². The second kappa shape index (κ2) is 14.1. The summed E-state index contributed by atoms with van der Waals surface area (Å²) >= 11 is 0. The van der Waals surface area contributed by atoms with Crippen LogP contribution in [0.2, 0.25) is 0 Å². The molecule has 9 heteroatoms. The van der Waals surface area contributed by atoms with Gasteiger partial charge in [-0.15, -0.1) is 0 Å². The van der Waals surface area contributed by atoms with Crippen LogP contribution in [0.15, 0.2) is 48.5 Å². The minimum absolute atomic E-state index is 0.0823. The SMILES string of the molecule is COc1ccc(CN([C@H]2C[C@@H](C)N3C(=O)CCCCCc4cccc(c4)C4CCC(CC4)OC[C@@H]23)S(=O)(=O)N(C)C)cc1. The summed E-state index contributed by atoms with van der Waals surface area (Å²) in [6, 6.07) is 15.8. The number of hydrogen-bond acceptors (Lipinski definition) is 5.